The van der Waals surface area contributed by atoms with Crippen molar-refractivity contribution < 1.29 is 9.18 Å². The second kappa shape index (κ2) is 5.20. The van der Waals surface area contributed by atoms with Crippen molar-refractivity contribution in [2.24, 2.45) is 0 Å². The minimum Gasteiger partial charge on any atom is -0.318 e. The molecule has 0 aliphatic heterocycles. The van der Waals surface area contributed by atoms with Gasteiger partial charge in [0.05, 0.1) is 5.69 Å². The van der Waals surface area contributed by atoms with Crippen LogP contribution in [0.15, 0.2) is 59.4 Å². The monoisotopic (exact) mass is 282 g/mol. The number of carbonyl (C=O) groups excluding carboxylic acids is 1. The molecular formula is C16H11FN2O2. The molecule has 0 aliphatic rings. The Morgan fingerprint density at radius 2 is 1.76 bits per heavy atom. The van der Waals surface area contributed by atoms with Gasteiger partial charge in [0.1, 0.15) is 11.5 Å². The van der Waals surface area contributed by atoms with Crippen LogP contribution in [0.4, 0.5) is 10.1 Å². The van der Waals surface area contributed by atoms with Crippen molar-refractivity contribution in [2.75, 3.05) is 5.32 Å². The summed E-state index contributed by atoms with van der Waals surface area (Å²) in [5, 5.41) is 3.59. The Bertz CT molecular complexity index is 887. The molecule has 4 nitrogen and oxygen atoms in total. The average molecular weight is 282 g/mol. The summed E-state index contributed by atoms with van der Waals surface area (Å²) in [5.74, 6) is -1.10. The van der Waals surface area contributed by atoms with Crippen molar-refractivity contribution in [3.63, 3.8) is 0 Å². The molecule has 2 N–H and O–H groups in total. The van der Waals surface area contributed by atoms with Crippen molar-refractivity contribution in [1.82, 2.24) is 4.98 Å². The summed E-state index contributed by atoms with van der Waals surface area (Å²) in [4.78, 5) is 26.5. The predicted octanol–water partition coefficient (Wildman–Crippen LogP) is 2.92. The number of nitrogens with one attached hydrogen (secondary N) is 2. The summed E-state index contributed by atoms with van der Waals surface area (Å²) in [6.45, 7) is 0. The molecule has 0 saturated heterocycles. The van der Waals surface area contributed by atoms with E-state index >= 15 is 0 Å². The molecule has 104 valence electrons. The molecule has 0 atom stereocenters. The van der Waals surface area contributed by atoms with Gasteiger partial charge in [-0.3, -0.25) is 9.59 Å². The highest BCUT2D eigenvalue weighted by molar-refractivity contribution is 6.04. The van der Waals surface area contributed by atoms with E-state index in [1.54, 1.807) is 36.4 Å². The lowest BCUT2D eigenvalue weighted by Crippen LogP contribution is -2.19. The molecule has 2 aromatic carbocycles. The number of H-pyrrole nitrogens is 1. The van der Waals surface area contributed by atoms with Crippen LogP contribution in [0.5, 0.6) is 0 Å². The molecule has 0 fully saturated rings. The van der Waals surface area contributed by atoms with Gasteiger partial charge in [0.2, 0.25) is 0 Å². The number of rotatable bonds is 2. The maximum atomic E-state index is 13.5. The number of pyridine rings is 1. The Morgan fingerprint density at radius 1 is 1.05 bits per heavy atom. The molecule has 1 heterocycles. The van der Waals surface area contributed by atoms with Crippen LogP contribution in [0.3, 0.4) is 0 Å². The topological polar surface area (TPSA) is 62.0 Å². The van der Waals surface area contributed by atoms with E-state index in [4.69, 9.17) is 0 Å². The van der Waals surface area contributed by atoms with Crippen LogP contribution in [0.1, 0.15) is 10.5 Å². The van der Waals surface area contributed by atoms with Crippen molar-refractivity contribution in [1.29, 1.82) is 0 Å². The number of fused-ring (bicyclic) bond motifs is 1. The first-order chi connectivity index (χ1) is 10.1. The van der Waals surface area contributed by atoms with E-state index in [2.05, 4.69) is 10.3 Å². The number of para-hydroxylation sites is 1. The second-order valence-electron chi connectivity index (χ2n) is 4.53. The smallest absolute Gasteiger partial charge is 0.272 e. The number of benzene rings is 2. The van der Waals surface area contributed by atoms with Crippen LogP contribution in [0.2, 0.25) is 0 Å². The standard InChI is InChI=1S/C16H11FN2O2/c17-12-7-3-4-8-13(12)18-16(21)14-9-10-5-1-2-6-11(10)15(20)19-14/h1-9H,(H,18,21)(H,19,20). The number of carbonyl (C=O) groups is 1. The Labute approximate surface area is 119 Å². The van der Waals surface area contributed by atoms with E-state index in [9.17, 15) is 14.0 Å². The predicted molar refractivity (Wildman–Crippen MR) is 78.9 cm³/mol. The van der Waals surface area contributed by atoms with Crippen molar-refractivity contribution >= 4 is 22.4 Å². The third kappa shape index (κ3) is 2.53. The van der Waals surface area contributed by atoms with Gasteiger partial charge in [-0.2, -0.15) is 0 Å². The number of halogens is 1. The number of aromatic nitrogens is 1. The van der Waals surface area contributed by atoms with Crippen LogP contribution in [0.25, 0.3) is 10.8 Å². The largest absolute Gasteiger partial charge is 0.318 e. The molecule has 5 heteroatoms. The van der Waals surface area contributed by atoms with Crippen LogP contribution in [0, 0.1) is 5.82 Å². The quantitative estimate of drug-likeness (QED) is 0.759. The van der Waals surface area contributed by atoms with Gasteiger partial charge >= 0.3 is 0 Å². The van der Waals surface area contributed by atoms with Gasteiger partial charge in [-0.25, -0.2) is 4.39 Å². The highest BCUT2D eigenvalue weighted by Crippen LogP contribution is 2.15. The second-order valence-corrected chi connectivity index (χ2v) is 4.53. The van der Waals surface area contributed by atoms with Gasteiger partial charge in [0.15, 0.2) is 0 Å². The zero-order chi connectivity index (χ0) is 14.8. The molecule has 3 aromatic rings. The van der Waals surface area contributed by atoms with Crippen molar-refractivity contribution in [3.8, 4) is 0 Å². The number of aromatic amines is 1. The first-order valence-corrected chi connectivity index (χ1v) is 6.33. The summed E-state index contributed by atoms with van der Waals surface area (Å²) in [5.41, 5.74) is -0.203. The molecule has 21 heavy (non-hydrogen) atoms. The normalized spacial score (nSPS) is 10.5. The molecule has 0 spiro atoms. The summed E-state index contributed by atoms with van der Waals surface area (Å²) in [7, 11) is 0. The third-order valence-electron chi connectivity index (χ3n) is 3.12. The molecule has 0 bridgehead atoms. The fourth-order valence-corrected chi connectivity index (χ4v) is 2.09. The van der Waals surface area contributed by atoms with Gasteiger partial charge in [0.25, 0.3) is 11.5 Å². The van der Waals surface area contributed by atoms with Crippen LogP contribution >= 0.6 is 0 Å². The van der Waals surface area contributed by atoms with Gasteiger partial charge in [0, 0.05) is 5.39 Å². The van der Waals surface area contributed by atoms with E-state index in [1.165, 1.54) is 18.2 Å². The van der Waals surface area contributed by atoms with Crippen molar-refractivity contribution in [2.45, 2.75) is 0 Å². The number of anilines is 1. The number of amides is 1. The summed E-state index contributed by atoms with van der Waals surface area (Å²) < 4.78 is 13.5. The number of hydrogen-bond donors (Lipinski definition) is 2. The summed E-state index contributed by atoms with van der Waals surface area (Å²) in [6.07, 6.45) is 0. The minimum absolute atomic E-state index is 0.0662. The molecular weight excluding hydrogens is 271 g/mol. The fourth-order valence-electron chi connectivity index (χ4n) is 2.09. The van der Waals surface area contributed by atoms with Gasteiger partial charge in [-0.05, 0) is 29.7 Å². The third-order valence-corrected chi connectivity index (χ3v) is 3.12. The van der Waals surface area contributed by atoms with E-state index in [1.807, 2.05) is 0 Å². The number of hydrogen-bond acceptors (Lipinski definition) is 2. The maximum Gasteiger partial charge on any atom is 0.272 e. The van der Waals surface area contributed by atoms with Gasteiger partial charge in [-0.15, -0.1) is 0 Å². The Hall–Kier alpha value is -2.95. The van der Waals surface area contributed by atoms with E-state index in [0.717, 1.165) is 0 Å². The van der Waals surface area contributed by atoms with Crippen molar-refractivity contribution in [3.05, 3.63) is 76.5 Å². The highest BCUT2D eigenvalue weighted by atomic mass is 19.1. The van der Waals surface area contributed by atoms with Crippen LogP contribution in [-0.2, 0) is 0 Å². The van der Waals surface area contributed by atoms with Gasteiger partial charge < -0.3 is 10.3 Å². The Morgan fingerprint density at radius 3 is 2.57 bits per heavy atom. The molecule has 0 radical (unpaired) electrons. The zero-order valence-electron chi connectivity index (χ0n) is 10.9. The zero-order valence-corrected chi connectivity index (χ0v) is 10.9. The molecule has 1 amide bonds. The maximum absolute atomic E-state index is 13.5. The van der Waals surface area contributed by atoms with E-state index in [0.29, 0.717) is 10.8 Å². The van der Waals surface area contributed by atoms with E-state index < -0.39 is 11.7 Å². The Balaban J connectivity index is 1.99. The summed E-state index contributed by atoms with van der Waals surface area (Å²) in [6, 6.07) is 14.3. The molecule has 0 aliphatic carbocycles. The fraction of sp³-hybridized carbons (Fsp3) is 0. The Kier molecular flexibility index (Phi) is 3.23. The molecule has 3 rings (SSSR count). The molecule has 0 saturated carbocycles. The van der Waals surface area contributed by atoms with Gasteiger partial charge in [-0.1, -0.05) is 30.3 Å². The minimum atomic E-state index is -0.567. The first-order valence-electron chi connectivity index (χ1n) is 6.33. The molecule has 0 unspecified atom stereocenters. The lowest BCUT2D eigenvalue weighted by Gasteiger charge is -2.07. The van der Waals surface area contributed by atoms with E-state index in [-0.39, 0.29) is 16.9 Å². The highest BCUT2D eigenvalue weighted by Gasteiger charge is 2.11. The lowest BCUT2D eigenvalue weighted by molar-refractivity contribution is 0.102. The summed E-state index contributed by atoms with van der Waals surface area (Å²) >= 11 is 0. The molecule has 1 aromatic heterocycles. The van der Waals surface area contributed by atoms with Crippen LogP contribution in [-0.4, -0.2) is 10.9 Å². The van der Waals surface area contributed by atoms with Crippen LogP contribution < -0.4 is 10.9 Å². The lowest BCUT2D eigenvalue weighted by atomic mass is 10.1. The first kappa shape index (κ1) is 13.1. The average Bonchev–Trinajstić information content (AvgIpc) is 2.49. The SMILES string of the molecule is O=C(Nc1ccccc1F)c1cc2ccccc2c(=O)[nH]1.